The van der Waals surface area contributed by atoms with Gasteiger partial charge in [-0.1, -0.05) is 30.3 Å². The summed E-state index contributed by atoms with van der Waals surface area (Å²) in [5, 5.41) is 9.09. The summed E-state index contributed by atoms with van der Waals surface area (Å²) in [7, 11) is 1.76. The molecule has 1 aliphatic heterocycles. The predicted octanol–water partition coefficient (Wildman–Crippen LogP) is 5.45. The fraction of sp³-hybridized carbons (Fsp3) is 0.226. The molecule has 8 heteroatoms. The highest BCUT2D eigenvalue weighted by atomic mass is 16.5. The second kappa shape index (κ2) is 10.9. The topological polar surface area (TPSA) is 95.9 Å². The van der Waals surface area contributed by atoms with Crippen LogP contribution in [-0.2, 0) is 17.6 Å². The van der Waals surface area contributed by atoms with Gasteiger partial charge in [-0.15, -0.1) is 0 Å². The average molecular weight is 523 g/mol. The van der Waals surface area contributed by atoms with Crippen molar-refractivity contribution in [3.05, 3.63) is 95.3 Å². The number of amides is 1. The number of pyridine rings is 2. The maximum atomic E-state index is 13.3. The number of carbonyl (C=O) groups is 2. The van der Waals surface area contributed by atoms with Crippen LogP contribution in [0.25, 0.3) is 11.1 Å². The SMILES string of the molecule is CCN1c2ncc(CCOc3ccc(-c4cccc(CC(=O)O)c4)cc3C)cc2C(=O)N(C)c2cccnc21. The molecule has 198 valence electrons. The normalized spacial score (nSPS) is 12.5. The van der Waals surface area contributed by atoms with Crippen LogP contribution in [0.4, 0.5) is 17.3 Å². The number of hydrogen-bond acceptors (Lipinski definition) is 6. The summed E-state index contributed by atoms with van der Waals surface area (Å²) in [5.74, 6) is 1.13. The molecular weight excluding hydrogens is 492 g/mol. The van der Waals surface area contributed by atoms with E-state index in [0.29, 0.717) is 36.8 Å². The zero-order valence-electron chi connectivity index (χ0n) is 22.2. The number of ether oxygens (including phenoxy) is 1. The summed E-state index contributed by atoms with van der Waals surface area (Å²) in [6.45, 7) is 5.07. The second-order valence-corrected chi connectivity index (χ2v) is 9.52. The lowest BCUT2D eigenvalue weighted by Crippen LogP contribution is -2.25. The minimum atomic E-state index is -0.849. The van der Waals surface area contributed by atoms with Crippen molar-refractivity contribution in [1.82, 2.24) is 9.97 Å². The maximum Gasteiger partial charge on any atom is 0.307 e. The quantitative estimate of drug-likeness (QED) is 0.329. The van der Waals surface area contributed by atoms with E-state index in [2.05, 4.69) is 9.97 Å². The molecule has 4 aromatic rings. The summed E-state index contributed by atoms with van der Waals surface area (Å²) in [6, 6.07) is 19.1. The van der Waals surface area contributed by atoms with Gasteiger partial charge in [-0.2, -0.15) is 0 Å². The summed E-state index contributed by atoms with van der Waals surface area (Å²) in [5.41, 5.74) is 5.92. The molecule has 0 fully saturated rings. The highest BCUT2D eigenvalue weighted by Crippen LogP contribution is 2.37. The first-order chi connectivity index (χ1) is 18.9. The fourth-order valence-corrected chi connectivity index (χ4v) is 4.86. The number of aliphatic carboxylic acids is 1. The molecule has 0 unspecified atom stereocenters. The Morgan fingerprint density at radius 3 is 2.56 bits per heavy atom. The van der Waals surface area contributed by atoms with Crippen molar-refractivity contribution in [3.63, 3.8) is 0 Å². The van der Waals surface area contributed by atoms with Crippen LogP contribution in [0.3, 0.4) is 0 Å². The van der Waals surface area contributed by atoms with E-state index in [9.17, 15) is 9.59 Å². The van der Waals surface area contributed by atoms with Crippen molar-refractivity contribution < 1.29 is 19.4 Å². The minimum absolute atomic E-state index is 0.00620. The maximum absolute atomic E-state index is 13.3. The number of carbonyl (C=O) groups excluding carboxylic acids is 1. The molecule has 8 nitrogen and oxygen atoms in total. The standard InChI is InChI=1S/C31H30N4O4/c1-4-35-29-25(31(38)34(3)26-9-6-13-32-30(26)35)17-22(19-33-29)12-14-39-27-11-10-24(15-20(27)2)23-8-5-7-21(16-23)18-28(36)37/h5-11,13,15-17,19H,4,12,14,18H2,1-3H3,(H,36,37). The van der Waals surface area contributed by atoms with E-state index in [-0.39, 0.29) is 12.3 Å². The summed E-state index contributed by atoms with van der Waals surface area (Å²) in [4.78, 5) is 37.2. The van der Waals surface area contributed by atoms with Crippen molar-refractivity contribution in [2.45, 2.75) is 26.7 Å². The molecule has 0 atom stereocenters. The average Bonchev–Trinajstić information content (AvgIpc) is 3.02. The molecule has 1 N–H and O–H groups in total. The van der Waals surface area contributed by atoms with Gasteiger partial charge < -0.3 is 19.6 Å². The third-order valence-corrected chi connectivity index (χ3v) is 6.85. The lowest BCUT2D eigenvalue weighted by molar-refractivity contribution is -0.136. The first-order valence-corrected chi connectivity index (χ1v) is 12.9. The Hall–Kier alpha value is -4.72. The van der Waals surface area contributed by atoms with E-state index < -0.39 is 5.97 Å². The van der Waals surface area contributed by atoms with Crippen molar-refractivity contribution in [1.29, 1.82) is 0 Å². The van der Waals surface area contributed by atoms with Gasteiger partial charge in [0.2, 0.25) is 0 Å². The van der Waals surface area contributed by atoms with Gasteiger partial charge in [0, 0.05) is 32.4 Å². The zero-order chi connectivity index (χ0) is 27.5. The predicted molar refractivity (Wildman–Crippen MR) is 151 cm³/mol. The smallest absolute Gasteiger partial charge is 0.307 e. The van der Waals surface area contributed by atoms with Gasteiger partial charge >= 0.3 is 5.97 Å². The number of aromatic nitrogens is 2. The number of aryl methyl sites for hydroxylation is 1. The van der Waals surface area contributed by atoms with Crippen molar-refractivity contribution in [3.8, 4) is 16.9 Å². The molecule has 1 amide bonds. The summed E-state index contributed by atoms with van der Waals surface area (Å²) >= 11 is 0. The highest BCUT2D eigenvalue weighted by Gasteiger charge is 2.30. The number of carboxylic acids is 1. The third-order valence-electron chi connectivity index (χ3n) is 6.85. The van der Waals surface area contributed by atoms with Crippen LogP contribution in [0.1, 0.15) is 34.0 Å². The number of nitrogens with zero attached hydrogens (tertiary/aromatic N) is 4. The Balaban J connectivity index is 1.30. The molecular formula is C31H30N4O4. The van der Waals surface area contributed by atoms with Gasteiger partial charge in [0.05, 0.1) is 24.3 Å². The lowest BCUT2D eigenvalue weighted by atomic mass is 10.00. The van der Waals surface area contributed by atoms with Gasteiger partial charge in [-0.25, -0.2) is 9.97 Å². The minimum Gasteiger partial charge on any atom is -0.493 e. The molecule has 2 aromatic heterocycles. The number of hydrogen-bond donors (Lipinski definition) is 1. The van der Waals surface area contributed by atoms with Crippen molar-refractivity contribution in [2.75, 3.05) is 30.0 Å². The van der Waals surface area contributed by atoms with Crippen LogP contribution in [0.15, 0.2) is 73.1 Å². The second-order valence-electron chi connectivity index (χ2n) is 9.52. The molecule has 2 aromatic carbocycles. The molecule has 3 heterocycles. The molecule has 0 radical (unpaired) electrons. The van der Waals surface area contributed by atoms with Crippen molar-refractivity contribution in [2.24, 2.45) is 0 Å². The molecule has 1 aliphatic rings. The van der Waals surface area contributed by atoms with Gasteiger partial charge in [-0.05, 0) is 72.0 Å². The van der Waals surface area contributed by atoms with Gasteiger partial charge in [-0.3, -0.25) is 9.59 Å². The molecule has 5 rings (SSSR count). The highest BCUT2D eigenvalue weighted by molar-refractivity contribution is 6.12. The van der Waals surface area contributed by atoms with Gasteiger partial charge in [0.1, 0.15) is 11.6 Å². The largest absolute Gasteiger partial charge is 0.493 e. The van der Waals surface area contributed by atoms with E-state index in [1.807, 2.05) is 79.4 Å². The lowest BCUT2D eigenvalue weighted by Gasteiger charge is -2.22. The third kappa shape index (κ3) is 5.31. The molecule has 0 spiro atoms. The number of fused-ring (bicyclic) bond motifs is 2. The molecule has 0 aliphatic carbocycles. The van der Waals surface area contributed by atoms with Crippen LogP contribution < -0.4 is 14.5 Å². The van der Waals surface area contributed by atoms with Crippen molar-refractivity contribution >= 4 is 29.2 Å². The Labute approximate surface area is 227 Å². The number of benzene rings is 2. The zero-order valence-corrected chi connectivity index (χ0v) is 22.2. The monoisotopic (exact) mass is 522 g/mol. The van der Waals surface area contributed by atoms with Crippen LogP contribution in [-0.4, -0.2) is 47.2 Å². The van der Waals surface area contributed by atoms with Crippen LogP contribution in [0, 0.1) is 6.92 Å². The van der Waals surface area contributed by atoms with Crippen LogP contribution in [0.2, 0.25) is 0 Å². The number of carboxylic acid groups (broad SMARTS) is 1. The molecule has 0 saturated carbocycles. The Morgan fingerprint density at radius 2 is 1.79 bits per heavy atom. The molecule has 0 saturated heterocycles. The first-order valence-electron chi connectivity index (χ1n) is 12.9. The van der Waals surface area contributed by atoms with E-state index in [1.54, 1.807) is 24.3 Å². The molecule has 0 bridgehead atoms. The number of anilines is 3. The van der Waals surface area contributed by atoms with Gasteiger partial charge in [0.15, 0.2) is 5.82 Å². The number of rotatable bonds is 8. The first kappa shape index (κ1) is 25.9. The Morgan fingerprint density at radius 1 is 0.974 bits per heavy atom. The Bertz CT molecular complexity index is 1550. The van der Waals surface area contributed by atoms with Crippen LogP contribution in [0.5, 0.6) is 5.75 Å². The van der Waals surface area contributed by atoms with Gasteiger partial charge in [0.25, 0.3) is 5.91 Å². The summed E-state index contributed by atoms with van der Waals surface area (Å²) in [6.07, 6.45) is 4.11. The fourth-order valence-electron chi connectivity index (χ4n) is 4.86. The molecule has 39 heavy (non-hydrogen) atoms. The summed E-state index contributed by atoms with van der Waals surface area (Å²) < 4.78 is 6.10. The Kier molecular flexibility index (Phi) is 7.27. The van der Waals surface area contributed by atoms with E-state index in [4.69, 9.17) is 9.84 Å². The van der Waals surface area contributed by atoms with Crippen LogP contribution >= 0.6 is 0 Å². The van der Waals surface area contributed by atoms with E-state index >= 15 is 0 Å². The van der Waals surface area contributed by atoms with E-state index in [0.717, 1.165) is 39.3 Å². The van der Waals surface area contributed by atoms with E-state index in [1.165, 1.54) is 0 Å².